The van der Waals surface area contributed by atoms with Gasteiger partial charge in [0.25, 0.3) is 17.7 Å². The first-order valence-corrected chi connectivity index (χ1v) is 8.38. The molecule has 2 aliphatic heterocycles. The van der Waals surface area contributed by atoms with Gasteiger partial charge in [-0.15, -0.1) is 0 Å². The summed E-state index contributed by atoms with van der Waals surface area (Å²) < 4.78 is 5.22. The quantitative estimate of drug-likeness (QED) is 0.606. The largest absolute Gasteiger partial charge is 0.451 e. The Morgan fingerprint density at radius 1 is 1.00 bits per heavy atom. The van der Waals surface area contributed by atoms with Crippen LogP contribution in [0.25, 0.3) is 0 Å². The zero-order valence-electron chi connectivity index (χ0n) is 14.2. The van der Waals surface area contributed by atoms with E-state index in [2.05, 4.69) is 0 Å². The maximum absolute atomic E-state index is 12.4. The number of carbonyl (C=O) groups is 4. The van der Waals surface area contributed by atoms with Crippen LogP contribution in [0.15, 0.2) is 24.3 Å². The minimum absolute atomic E-state index is 0.250. The van der Waals surface area contributed by atoms with Gasteiger partial charge in [0.05, 0.1) is 11.1 Å². The lowest BCUT2D eigenvalue weighted by molar-refractivity contribution is -0.161. The van der Waals surface area contributed by atoms with E-state index in [4.69, 9.17) is 4.74 Å². The van der Waals surface area contributed by atoms with Gasteiger partial charge in [-0.25, -0.2) is 4.79 Å². The van der Waals surface area contributed by atoms with E-state index < -0.39 is 29.9 Å². The standard InChI is InChI=1S/C18H20N2O5/c1-11(18(24)25-12(2)15(21)19-9-5-6-10-19)20-16(22)13-7-3-4-8-14(13)17(20)23/h3-4,7-8,11-12H,5-6,9-10H2,1-2H3/t11-,12+/m1/s1. The molecule has 1 saturated heterocycles. The topological polar surface area (TPSA) is 84.0 Å². The van der Waals surface area contributed by atoms with Crippen molar-refractivity contribution in [3.8, 4) is 0 Å². The highest BCUT2D eigenvalue weighted by Crippen LogP contribution is 2.25. The van der Waals surface area contributed by atoms with Gasteiger partial charge in [-0.05, 0) is 38.8 Å². The molecular weight excluding hydrogens is 324 g/mol. The number of esters is 1. The second-order valence-corrected chi connectivity index (χ2v) is 6.31. The highest BCUT2D eigenvalue weighted by atomic mass is 16.5. The average Bonchev–Trinajstić information content (AvgIpc) is 3.22. The van der Waals surface area contributed by atoms with Crippen molar-refractivity contribution < 1.29 is 23.9 Å². The molecule has 25 heavy (non-hydrogen) atoms. The Bertz CT molecular complexity index is 704. The van der Waals surface area contributed by atoms with Gasteiger partial charge in [0, 0.05) is 13.1 Å². The lowest BCUT2D eigenvalue weighted by Crippen LogP contribution is -2.46. The van der Waals surface area contributed by atoms with Crippen molar-refractivity contribution in [1.29, 1.82) is 0 Å². The molecule has 0 bridgehead atoms. The molecule has 0 N–H and O–H groups in total. The van der Waals surface area contributed by atoms with Crippen LogP contribution in [0, 0.1) is 0 Å². The zero-order valence-corrected chi connectivity index (χ0v) is 14.2. The third-order valence-corrected chi connectivity index (χ3v) is 4.61. The molecule has 0 aromatic heterocycles. The van der Waals surface area contributed by atoms with Crippen LogP contribution in [0.2, 0.25) is 0 Å². The van der Waals surface area contributed by atoms with Gasteiger partial charge in [-0.1, -0.05) is 12.1 Å². The van der Waals surface area contributed by atoms with Crippen LogP contribution in [0.3, 0.4) is 0 Å². The Kier molecular flexibility index (Phi) is 4.57. The van der Waals surface area contributed by atoms with Crippen LogP contribution in [0.1, 0.15) is 47.4 Å². The Hall–Kier alpha value is -2.70. The second kappa shape index (κ2) is 6.66. The lowest BCUT2D eigenvalue weighted by Gasteiger charge is -2.24. The molecule has 0 unspecified atom stereocenters. The summed E-state index contributed by atoms with van der Waals surface area (Å²) in [6.45, 7) is 4.26. The van der Waals surface area contributed by atoms with Gasteiger partial charge in [0.1, 0.15) is 6.04 Å². The molecule has 0 spiro atoms. The molecule has 0 saturated carbocycles. The van der Waals surface area contributed by atoms with Crippen molar-refractivity contribution in [2.75, 3.05) is 13.1 Å². The number of carbonyl (C=O) groups excluding carboxylic acids is 4. The summed E-state index contributed by atoms with van der Waals surface area (Å²) >= 11 is 0. The van der Waals surface area contributed by atoms with Gasteiger partial charge < -0.3 is 9.64 Å². The maximum atomic E-state index is 12.4. The fraction of sp³-hybridized carbons (Fsp3) is 0.444. The Morgan fingerprint density at radius 3 is 2.04 bits per heavy atom. The highest BCUT2D eigenvalue weighted by molar-refractivity contribution is 6.22. The molecule has 3 rings (SSSR count). The van der Waals surface area contributed by atoms with E-state index in [1.54, 1.807) is 29.2 Å². The van der Waals surface area contributed by atoms with E-state index in [0.717, 1.165) is 17.7 Å². The molecule has 2 atom stereocenters. The van der Waals surface area contributed by atoms with Crippen LogP contribution in [0.5, 0.6) is 0 Å². The third kappa shape index (κ3) is 3.01. The van der Waals surface area contributed by atoms with Crippen molar-refractivity contribution in [3.63, 3.8) is 0 Å². The predicted octanol–water partition coefficient (Wildman–Crippen LogP) is 1.23. The van der Waals surface area contributed by atoms with Crippen molar-refractivity contribution in [2.45, 2.75) is 38.8 Å². The van der Waals surface area contributed by atoms with Crippen molar-refractivity contribution in [3.05, 3.63) is 35.4 Å². The number of imide groups is 1. The molecule has 1 aromatic rings. The summed E-state index contributed by atoms with van der Waals surface area (Å²) in [5, 5.41) is 0. The average molecular weight is 344 g/mol. The maximum Gasteiger partial charge on any atom is 0.329 e. The number of nitrogens with zero attached hydrogens (tertiary/aromatic N) is 2. The number of ether oxygens (including phenoxy) is 1. The summed E-state index contributed by atoms with van der Waals surface area (Å²) in [6, 6.07) is 5.32. The van der Waals surface area contributed by atoms with E-state index in [-0.39, 0.29) is 17.0 Å². The predicted molar refractivity (Wildman–Crippen MR) is 87.8 cm³/mol. The molecule has 1 fully saturated rings. The second-order valence-electron chi connectivity index (χ2n) is 6.31. The van der Waals surface area contributed by atoms with Gasteiger partial charge >= 0.3 is 5.97 Å². The van der Waals surface area contributed by atoms with Crippen LogP contribution in [-0.2, 0) is 14.3 Å². The van der Waals surface area contributed by atoms with Gasteiger partial charge in [0.2, 0.25) is 0 Å². The number of hydrogen-bond acceptors (Lipinski definition) is 5. The Morgan fingerprint density at radius 2 is 1.52 bits per heavy atom. The molecule has 3 amide bonds. The van der Waals surface area contributed by atoms with Crippen molar-refractivity contribution >= 4 is 23.7 Å². The van der Waals surface area contributed by atoms with Crippen LogP contribution in [-0.4, -0.2) is 58.7 Å². The lowest BCUT2D eigenvalue weighted by atomic mass is 10.1. The van der Waals surface area contributed by atoms with Crippen LogP contribution < -0.4 is 0 Å². The molecular formula is C18H20N2O5. The minimum Gasteiger partial charge on any atom is -0.451 e. The van der Waals surface area contributed by atoms with Gasteiger partial charge in [-0.2, -0.15) is 0 Å². The highest BCUT2D eigenvalue weighted by Gasteiger charge is 2.42. The number of hydrogen-bond donors (Lipinski definition) is 0. The number of amides is 3. The summed E-state index contributed by atoms with van der Waals surface area (Å²) in [4.78, 5) is 52.0. The molecule has 7 heteroatoms. The number of fused-ring (bicyclic) bond motifs is 1. The van der Waals surface area contributed by atoms with Crippen molar-refractivity contribution in [1.82, 2.24) is 9.80 Å². The Balaban J connectivity index is 1.68. The fourth-order valence-corrected chi connectivity index (χ4v) is 3.18. The van der Waals surface area contributed by atoms with E-state index >= 15 is 0 Å². The minimum atomic E-state index is -1.10. The first-order valence-electron chi connectivity index (χ1n) is 8.38. The fourth-order valence-electron chi connectivity index (χ4n) is 3.18. The molecule has 0 aliphatic carbocycles. The summed E-state index contributed by atoms with van der Waals surface area (Å²) in [7, 11) is 0. The number of likely N-dealkylation sites (tertiary alicyclic amines) is 1. The van der Waals surface area contributed by atoms with E-state index in [1.807, 2.05) is 0 Å². The van der Waals surface area contributed by atoms with Gasteiger partial charge in [-0.3, -0.25) is 19.3 Å². The monoisotopic (exact) mass is 344 g/mol. The molecule has 132 valence electrons. The van der Waals surface area contributed by atoms with Gasteiger partial charge in [0.15, 0.2) is 6.10 Å². The molecule has 0 radical (unpaired) electrons. The SMILES string of the molecule is C[C@H](OC(=O)[C@@H](C)N1C(=O)c2ccccc2C1=O)C(=O)N1CCCC1. The smallest absolute Gasteiger partial charge is 0.329 e. The van der Waals surface area contributed by atoms with E-state index in [1.165, 1.54) is 13.8 Å². The first kappa shape index (κ1) is 17.1. The number of benzene rings is 1. The number of rotatable bonds is 4. The summed E-state index contributed by atoms with van der Waals surface area (Å²) in [5.41, 5.74) is 0.543. The molecule has 1 aromatic carbocycles. The van der Waals surface area contributed by atoms with Crippen LogP contribution >= 0.6 is 0 Å². The normalized spacial score (nSPS) is 19.0. The molecule has 2 aliphatic rings. The Labute approximate surface area is 145 Å². The van der Waals surface area contributed by atoms with E-state index in [0.29, 0.717) is 13.1 Å². The third-order valence-electron chi connectivity index (χ3n) is 4.61. The zero-order chi connectivity index (χ0) is 18.1. The van der Waals surface area contributed by atoms with Crippen molar-refractivity contribution in [2.24, 2.45) is 0 Å². The molecule has 7 nitrogen and oxygen atoms in total. The van der Waals surface area contributed by atoms with Crippen LogP contribution in [0.4, 0.5) is 0 Å². The summed E-state index contributed by atoms with van der Waals surface area (Å²) in [5.74, 6) is -2.07. The molecule has 2 heterocycles. The van der Waals surface area contributed by atoms with E-state index in [9.17, 15) is 19.2 Å². The first-order chi connectivity index (χ1) is 11.9. The summed E-state index contributed by atoms with van der Waals surface area (Å²) in [6.07, 6.45) is 0.943.